The van der Waals surface area contributed by atoms with E-state index >= 15 is 0 Å². The van der Waals surface area contributed by atoms with Crippen LogP contribution in [-0.2, 0) is 14.3 Å². The predicted molar refractivity (Wildman–Crippen MR) is 54.2 cm³/mol. The van der Waals surface area contributed by atoms with Crippen molar-refractivity contribution < 1.29 is 19.4 Å². The van der Waals surface area contributed by atoms with Crippen molar-refractivity contribution >= 4 is 5.97 Å². The van der Waals surface area contributed by atoms with Crippen molar-refractivity contribution in [1.82, 2.24) is 0 Å². The number of rotatable bonds is 5. The topological polar surface area (TPSA) is 81.8 Å². The van der Waals surface area contributed by atoms with Crippen LogP contribution < -0.4 is 5.73 Å². The summed E-state index contributed by atoms with van der Waals surface area (Å²) in [6, 6.07) is 0. The standard InChI is InChI=1S/C10H19NO4/c11-5-4-9(12)10(13)15-7-8-3-1-2-6-14-8/h8-9,12H,1-7,11H2/t8?,9-/m0/s1. The zero-order valence-corrected chi connectivity index (χ0v) is 8.85. The normalized spacial score (nSPS) is 23.5. The molecule has 15 heavy (non-hydrogen) atoms. The fourth-order valence-electron chi connectivity index (χ4n) is 1.49. The SMILES string of the molecule is NCC[C@H](O)C(=O)OCC1CCCCO1. The molecule has 0 aromatic heterocycles. The largest absolute Gasteiger partial charge is 0.461 e. The van der Waals surface area contributed by atoms with Crippen molar-refractivity contribution in [3.05, 3.63) is 0 Å². The monoisotopic (exact) mass is 217 g/mol. The Labute approximate surface area is 89.5 Å². The summed E-state index contributed by atoms with van der Waals surface area (Å²) in [5.41, 5.74) is 5.21. The van der Waals surface area contributed by atoms with Gasteiger partial charge in [-0.15, -0.1) is 0 Å². The smallest absolute Gasteiger partial charge is 0.335 e. The van der Waals surface area contributed by atoms with Gasteiger partial charge in [0.1, 0.15) is 6.61 Å². The van der Waals surface area contributed by atoms with E-state index in [0.29, 0.717) is 0 Å². The molecule has 3 N–H and O–H groups in total. The zero-order valence-electron chi connectivity index (χ0n) is 8.85. The summed E-state index contributed by atoms with van der Waals surface area (Å²) in [6.07, 6.45) is 2.23. The summed E-state index contributed by atoms with van der Waals surface area (Å²) >= 11 is 0. The fourth-order valence-corrected chi connectivity index (χ4v) is 1.49. The Morgan fingerprint density at radius 3 is 3.00 bits per heavy atom. The first-order valence-corrected chi connectivity index (χ1v) is 5.40. The molecular weight excluding hydrogens is 198 g/mol. The summed E-state index contributed by atoms with van der Waals surface area (Å²) in [6.45, 7) is 1.24. The van der Waals surface area contributed by atoms with Crippen LogP contribution in [0.2, 0.25) is 0 Å². The van der Waals surface area contributed by atoms with Gasteiger partial charge in [-0.1, -0.05) is 0 Å². The van der Waals surface area contributed by atoms with Gasteiger partial charge in [-0.2, -0.15) is 0 Å². The van der Waals surface area contributed by atoms with Gasteiger partial charge in [0, 0.05) is 6.61 Å². The van der Waals surface area contributed by atoms with Crippen LogP contribution in [0.15, 0.2) is 0 Å². The van der Waals surface area contributed by atoms with Crippen molar-refractivity contribution in [3.8, 4) is 0 Å². The molecule has 0 amide bonds. The zero-order chi connectivity index (χ0) is 11.1. The average molecular weight is 217 g/mol. The first-order chi connectivity index (χ1) is 7.24. The Kier molecular flexibility index (Phi) is 5.60. The lowest BCUT2D eigenvalue weighted by Crippen LogP contribution is -2.31. The van der Waals surface area contributed by atoms with E-state index in [1.807, 2.05) is 0 Å². The first kappa shape index (κ1) is 12.4. The molecule has 1 heterocycles. The number of nitrogens with two attached hydrogens (primary N) is 1. The molecule has 1 aliphatic heterocycles. The van der Waals surface area contributed by atoms with Crippen LogP contribution in [0.4, 0.5) is 0 Å². The van der Waals surface area contributed by atoms with Gasteiger partial charge in [0.15, 0.2) is 6.10 Å². The highest BCUT2D eigenvalue weighted by Crippen LogP contribution is 2.13. The molecule has 2 atom stereocenters. The molecule has 0 radical (unpaired) electrons. The van der Waals surface area contributed by atoms with Gasteiger partial charge in [0.2, 0.25) is 0 Å². The Bertz CT molecular complexity index is 192. The lowest BCUT2D eigenvalue weighted by molar-refractivity contribution is -0.159. The molecule has 1 unspecified atom stereocenters. The van der Waals surface area contributed by atoms with Gasteiger partial charge in [0.05, 0.1) is 6.10 Å². The van der Waals surface area contributed by atoms with Gasteiger partial charge >= 0.3 is 5.97 Å². The van der Waals surface area contributed by atoms with E-state index in [9.17, 15) is 9.90 Å². The molecule has 0 aromatic rings. The molecule has 0 aromatic carbocycles. The summed E-state index contributed by atoms with van der Waals surface area (Å²) in [5, 5.41) is 9.25. The van der Waals surface area contributed by atoms with E-state index < -0.39 is 12.1 Å². The van der Waals surface area contributed by atoms with E-state index in [4.69, 9.17) is 15.2 Å². The molecule has 0 saturated carbocycles. The minimum absolute atomic E-state index is 0.00669. The van der Waals surface area contributed by atoms with E-state index in [2.05, 4.69) is 0 Å². The second-order valence-corrected chi connectivity index (χ2v) is 3.71. The van der Waals surface area contributed by atoms with Crippen molar-refractivity contribution in [2.45, 2.75) is 37.9 Å². The maximum Gasteiger partial charge on any atom is 0.335 e. The summed E-state index contributed by atoms with van der Waals surface area (Å²) in [5.74, 6) is -0.602. The van der Waals surface area contributed by atoms with Gasteiger partial charge < -0.3 is 20.3 Å². The van der Waals surface area contributed by atoms with Crippen LogP contribution in [0, 0.1) is 0 Å². The Morgan fingerprint density at radius 2 is 2.40 bits per heavy atom. The number of aliphatic hydroxyl groups excluding tert-OH is 1. The maximum absolute atomic E-state index is 11.2. The third-order valence-electron chi connectivity index (χ3n) is 2.40. The first-order valence-electron chi connectivity index (χ1n) is 5.40. The molecule has 1 aliphatic rings. The highest BCUT2D eigenvalue weighted by molar-refractivity contribution is 5.74. The van der Waals surface area contributed by atoms with Crippen LogP contribution in [0.25, 0.3) is 0 Å². The van der Waals surface area contributed by atoms with Gasteiger partial charge in [-0.05, 0) is 32.2 Å². The van der Waals surface area contributed by atoms with E-state index in [0.717, 1.165) is 25.9 Å². The maximum atomic E-state index is 11.2. The summed E-state index contributed by atoms with van der Waals surface area (Å²) < 4.78 is 10.3. The van der Waals surface area contributed by atoms with Crippen molar-refractivity contribution in [2.75, 3.05) is 19.8 Å². The van der Waals surface area contributed by atoms with Crippen LogP contribution in [0.5, 0.6) is 0 Å². The number of hydrogen-bond acceptors (Lipinski definition) is 5. The molecule has 88 valence electrons. The number of aliphatic hydroxyl groups is 1. The number of esters is 1. The quantitative estimate of drug-likeness (QED) is 0.624. The lowest BCUT2D eigenvalue weighted by Gasteiger charge is -2.22. The molecule has 1 rings (SSSR count). The van der Waals surface area contributed by atoms with Crippen molar-refractivity contribution in [2.24, 2.45) is 5.73 Å². The Balaban J connectivity index is 2.14. The number of ether oxygens (including phenoxy) is 2. The number of carbonyl (C=O) groups is 1. The molecule has 0 aliphatic carbocycles. The highest BCUT2D eigenvalue weighted by atomic mass is 16.6. The molecule has 1 fully saturated rings. The third-order valence-corrected chi connectivity index (χ3v) is 2.40. The minimum atomic E-state index is -1.10. The molecule has 1 saturated heterocycles. The van der Waals surface area contributed by atoms with Crippen LogP contribution >= 0.6 is 0 Å². The van der Waals surface area contributed by atoms with Gasteiger partial charge in [-0.3, -0.25) is 0 Å². The van der Waals surface area contributed by atoms with E-state index in [1.165, 1.54) is 0 Å². The van der Waals surface area contributed by atoms with Crippen molar-refractivity contribution in [1.29, 1.82) is 0 Å². The average Bonchev–Trinajstić information content (AvgIpc) is 2.27. The van der Waals surface area contributed by atoms with E-state index in [-0.39, 0.29) is 25.7 Å². The number of hydrogen-bond donors (Lipinski definition) is 2. The molecule has 0 spiro atoms. The van der Waals surface area contributed by atoms with Crippen molar-refractivity contribution in [3.63, 3.8) is 0 Å². The third kappa shape index (κ3) is 4.59. The minimum Gasteiger partial charge on any atom is -0.461 e. The van der Waals surface area contributed by atoms with Gasteiger partial charge in [0.25, 0.3) is 0 Å². The van der Waals surface area contributed by atoms with Crippen LogP contribution in [0.3, 0.4) is 0 Å². The summed E-state index contributed by atoms with van der Waals surface area (Å²) in [7, 11) is 0. The van der Waals surface area contributed by atoms with Crippen LogP contribution in [-0.4, -0.2) is 43.0 Å². The second-order valence-electron chi connectivity index (χ2n) is 3.71. The lowest BCUT2D eigenvalue weighted by atomic mass is 10.1. The second kappa shape index (κ2) is 6.76. The highest BCUT2D eigenvalue weighted by Gasteiger charge is 2.19. The molecule has 0 bridgehead atoms. The molecular formula is C10H19NO4. The predicted octanol–water partition coefficient (Wildman–Crippen LogP) is -0.192. The van der Waals surface area contributed by atoms with Gasteiger partial charge in [-0.25, -0.2) is 4.79 Å². The van der Waals surface area contributed by atoms with E-state index in [1.54, 1.807) is 0 Å². The summed E-state index contributed by atoms with van der Waals surface area (Å²) in [4.78, 5) is 11.2. The fraction of sp³-hybridized carbons (Fsp3) is 0.900. The Hall–Kier alpha value is -0.650. The number of carbonyl (C=O) groups excluding carboxylic acids is 1. The molecule has 5 nitrogen and oxygen atoms in total. The van der Waals surface area contributed by atoms with Crippen LogP contribution in [0.1, 0.15) is 25.7 Å². The Morgan fingerprint density at radius 1 is 1.60 bits per heavy atom. The molecule has 5 heteroatoms.